The van der Waals surface area contributed by atoms with Crippen LogP contribution in [0.1, 0.15) is 6.92 Å². The van der Waals surface area contributed by atoms with E-state index >= 15 is 0 Å². The van der Waals surface area contributed by atoms with Gasteiger partial charge in [0.25, 0.3) is 0 Å². The first-order valence-corrected chi connectivity index (χ1v) is 4.95. The number of hydrogen-bond acceptors (Lipinski definition) is 3. The summed E-state index contributed by atoms with van der Waals surface area (Å²) < 4.78 is 0. The van der Waals surface area contributed by atoms with Gasteiger partial charge in [0.15, 0.2) is 0 Å². The van der Waals surface area contributed by atoms with Gasteiger partial charge in [-0.05, 0) is 11.8 Å². The second-order valence-corrected chi connectivity index (χ2v) is 4.16. The van der Waals surface area contributed by atoms with Gasteiger partial charge in [0.1, 0.15) is 0 Å². The first-order valence-electron chi connectivity index (χ1n) is 4.95. The van der Waals surface area contributed by atoms with Crippen molar-refractivity contribution in [1.82, 2.24) is 10.6 Å². The van der Waals surface area contributed by atoms with Gasteiger partial charge in [-0.25, -0.2) is 0 Å². The minimum absolute atomic E-state index is 0.0470. The van der Waals surface area contributed by atoms with Crippen LogP contribution in [0, 0.1) is 17.8 Å². The standard InChI is InChI=1S/C9H17N3O/c1-5(2-10)9(13)12-8-6-3-11-4-7(6)8/h5-8,11H,2-4,10H2,1H3,(H,12,13)/t5?,6-,7+,8?. The molecule has 2 fully saturated rings. The summed E-state index contributed by atoms with van der Waals surface area (Å²) in [6.45, 7) is 4.43. The van der Waals surface area contributed by atoms with E-state index in [9.17, 15) is 4.79 Å². The van der Waals surface area contributed by atoms with Crippen molar-refractivity contribution in [2.45, 2.75) is 13.0 Å². The van der Waals surface area contributed by atoms with E-state index in [1.54, 1.807) is 0 Å². The quantitative estimate of drug-likeness (QED) is 0.521. The molecule has 13 heavy (non-hydrogen) atoms. The smallest absolute Gasteiger partial charge is 0.224 e. The van der Waals surface area contributed by atoms with E-state index in [1.165, 1.54) is 0 Å². The Bertz CT molecular complexity index is 209. The lowest BCUT2D eigenvalue weighted by Gasteiger charge is -2.11. The van der Waals surface area contributed by atoms with Crippen LogP contribution in [0.3, 0.4) is 0 Å². The monoisotopic (exact) mass is 183 g/mol. The summed E-state index contributed by atoms with van der Waals surface area (Å²) >= 11 is 0. The summed E-state index contributed by atoms with van der Waals surface area (Å²) in [5.41, 5.74) is 5.41. The molecule has 4 heteroatoms. The van der Waals surface area contributed by atoms with Crippen molar-refractivity contribution >= 4 is 5.91 Å². The van der Waals surface area contributed by atoms with E-state index in [-0.39, 0.29) is 11.8 Å². The summed E-state index contributed by atoms with van der Waals surface area (Å²) in [7, 11) is 0. The molecule has 0 bridgehead atoms. The summed E-state index contributed by atoms with van der Waals surface area (Å²) in [5, 5.41) is 6.34. The minimum atomic E-state index is -0.0470. The normalized spacial score (nSPS) is 38.2. The van der Waals surface area contributed by atoms with Crippen LogP contribution in [0.2, 0.25) is 0 Å². The second kappa shape index (κ2) is 3.27. The van der Waals surface area contributed by atoms with Crippen molar-refractivity contribution in [1.29, 1.82) is 0 Å². The van der Waals surface area contributed by atoms with Gasteiger partial charge in [0.05, 0.1) is 0 Å². The average molecular weight is 183 g/mol. The Morgan fingerprint density at radius 3 is 2.77 bits per heavy atom. The number of amides is 1. The molecule has 0 aromatic heterocycles. The zero-order chi connectivity index (χ0) is 9.42. The molecule has 0 aromatic carbocycles. The highest BCUT2D eigenvalue weighted by Crippen LogP contribution is 2.41. The van der Waals surface area contributed by atoms with Crippen LogP contribution in [0.4, 0.5) is 0 Å². The Morgan fingerprint density at radius 1 is 1.62 bits per heavy atom. The van der Waals surface area contributed by atoms with Crippen LogP contribution in [0.15, 0.2) is 0 Å². The van der Waals surface area contributed by atoms with Gasteiger partial charge in [0, 0.05) is 31.6 Å². The summed E-state index contributed by atoms with van der Waals surface area (Å²) in [4.78, 5) is 11.4. The van der Waals surface area contributed by atoms with Gasteiger partial charge in [-0.2, -0.15) is 0 Å². The third-order valence-corrected chi connectivity index (χ3v) is 3.20. The van der Waals surface area contributed by atoms with Gasteiger partial charge in [-0.3, -0.25) is 4.79 Å². The van der Waals surface area contributed by atoms with E-state index in [2.05, 4.69) is 10.6 Å². The predicted molar refractivity (Wildman–Crippen MR) is 50.0 cm³/mol. The van der Waals surface area contributed by atoms with Crippen LogP contribution < -0.4 is 16.4 Å². The van der Waals surface area contributed by atoms with Crippen LogP contribution in [-0.4, -0.2) is 31.6 Å². The number of fused-ring (bicyclic) bond motifs is 1. The number of nitrogens with one attached hydrogen (secondary N) is 2. The number of rotatable bonds is 3. The SMILES string of the molecule is CC(CN)C(=O)NC1[C@H]2CNC[C@@H]12. The molecule has 2 unspecified atom stereocenters. The maximum Gasteiger partial charge on any atom is 0.224 e. The van der Waals surface area contributed by atoms with Crippen LogP contribution in [-0.2, 0) is 4.79 Å². The highest BCUT2D eigenvalue weighted by molar-refractivity contribution is 5.79. The fraction of sp³-hybridized carbons (Fsp3) is 0.889. The highest BCUT2D eigenvalue weighted by atomic mass is 16.2. The molecule has 1 heterocycles. The summed E-state index contributed by atoms with van der Waals surface area (Å²) in [6.07, 6.45) is 0. The third kappa shape index (κ3) is 1.56. The molecule has 4 N–H and O–H groups in total. The minimum Gasteiger partial charge on any atom is -0.352 e. The lowest BCUT2D eigenvalue weighted by atomic mass is 10.1. The van der Waals surface area contributed by atoms with E-state index < -0.39 is 0 Å². The Hall–Kier alpha value is -0.610. The molecule has 1 aliphatic heterocycles. The lowest BCUT2D eigenvalue weighted by Crippen LogP contribution is -2.38. The number of nitrogens with two attached hydrogens (primary N) is 1. The van der Waals surface area contributed by atoms with Crippen LogP contribution in [0.25, 0.3) is 0 Å². The van der Waals surface area contributed by atoms with Crippen molar-refractivity contribution in [3.8, 4) is 0 Å². The molecule has 0 aromatic rings. The molecule has 1 saturated carbocycles. The molecule has 4 nitrogen and oxygen atoms in total. The Kier molecular flexibility index (Phi) is 2.26. The van der Waals surface area contributed by atoms with Crippen molar-refractivity contribution in [2.24, 2.45) is 23.5 Å². The van der Waals surface area contributed by atoms with E-state index in [4.69, 9.17) is 5.73 Å². The highest BCUT2D eigenvalue weighted by Gasteiger charge is 2.53. The molecule has 0 radical (unpaired) electrons. The van der Waals surface area contributed by atoms with Gasteiger partial charge >= 0.3 is 0 Å². The summed E-state index contributed by atoms with van der Waals surface area (Å²) in [6, 6.07) is 0.433. The third-order valence-electron chi connectivity index (χ3n) is 3.20. The predicted octanol–water partition coefficient (Wildman–Crippen LogP) is -1.08. The molecule has 2 rings (SSSR count). The molecule has 0 spiro atoms. The molecular formula is C9H17N3O. The number of carbonyl (C=O) groups excluding carboxylic acids is 1. The fourth-order valence-corrected chi connectivity index (χ4v) is 2.05. The largest absolute Gasteiger partial charge is 0.352 e. The molecular weight excluding hydrogens is 166 g/mol. The van der Waals surface area contributed by atoms with Crippen LogP contribution >= 0.6 is 0 Å². The van der Waals surface area contributed by atoms with Gasteiger partial charge < -0.3 is 16.4 Å². The van der Waals surface area contributed by atoms with Crippen molar-refractivity contribution in [3.05, 3.63) is 0 Å². The van der Waals surface area contributed by atoms with Gasteiger partial charge in [0.2, 0.25) is 5.91 Å². The van der Waals surface area contributed by atoms with Crippen molar-refractivity contribution < 1.29 is 4.79 Å². The van der Waals surface area contributed by atoms with Gasteiger partial charge in [-0.1, -0.05) is 6.92 Å². The summed E-state index contributed by atoms with van der Waals surface area (Å²) in [5.74, 6) is 1.44. The first-order chi connectivity index (χ1) is 6.24. The molecule has 1 amide bonds. The van der Waals surface area contributed by atoms with Crippen LogP contribution in [0.5, 0.6) is 0 Å². The van der Waals surface area contributed by atoms with E-state index in [1.807, 2.05) is 6.92 Å². The van der Waals surface area contributed by atoms with E-state index in [0.717, 1.165) is 13.1 Å². The molecule has 1 saturated heterocycles. The topological polar surface area (TPSA) is 67.2 Å². The van der Waals surface area contributed by atoms with Crippen molar-refractivity contribution in [3.63, 3.8) is 0 Å². The van der Waals surface area contributed by atoms with Gasteiger partial charge in [-0.15, -0.1) is 0 Å². The Morgan fingerprint density at radius 2 is 2.23 bits per heavy atom. The average Bonchev–Trinajstić information content (AvgIpc) is 2.63. The fourth-order valence-electron chi connectivity index (χ4n) is 2.05. The zero-order valence-corrected chi connectivity index (χ0v) is 7.92. The lowest BCUT2D eigenvalue weighted by molar-refractivity contribution is -0.124. The first kappa shape index (κ1) is 8.97. The van der Waals surface area contributed by atoms with E-state index in [0.29, 0.717) is 24.4 Å². The molecule has 1 aliphatic carbocycles. The number of hydrogen-bond donors (Lipinski definition) is 3. The zero-order valence-electron chi connectivity index (χ0n) is 7.92. The van der Waals surface area contributed by atoms with Crippen molar-refractivity contribution in [2.75, 3.05) is 19.6 Å². The second-order valence-electron chi connectivity index (χ2n) is 4.16. The molecule has 74 valence electrons. The number of carbonyl (C=O) groups is 1. The Labute approximate surface area is 78.2 Å². The Balaban J connectivity index is 1.77. The molecule has 2 aliphatic rings. The number of piperidine rings is 1. The molecule has 4 atom stereocenters. The maximum atomic E-state index is 11.4. The maximum absolute atomic E-state index is 11.4.